The third-order valence-electron chi connectivity index (χ3n) is 3.57. The smallest absolute Gasteiger partial charge is 0.289 e. The average Bonchev–Trinajstić information content (AvgIpc) is 2.99. The van der Waals surface area contributed by atoms with Gasteiger partial charge in [0.2, 0.25) is 0 Å². The van der Waals surface area contributed by atoms with Crippen LogP contribution in [0.4, 0.5) is 5.69 Å². The summed E-state index contributed by atoms with van der Waals surface area (Å²) < 4.78 is 5.43. The second-order valence-electron chi connectivity index (χ2n) is 4.89. The lowest BCUT2D eigenvalue weighted by Gasteiger charge is -2.10. The van der Waals surface area contributed by atoms with Crippen molar-refractivity contribution in [2.45, 2.75) is 0 Å². The molecule has 3 heteroatoms. The maximum Gasteiger partial charge on any atom is 0.289 e. The zero-order chi connectivity index (χ0) is 13.4. The van der Waals surface area contributed by atoms with Gasteiger partial charge in [-0.3, -0.25) is 0 Å². The van der Waals surface area contributed by atoms with E-state index in [9.17, 15) is 0 Å². The largest absolute Gasteiger partial charge is 0.463 e. The summed E-state index contributed by atoms with van der Waals surface area (Å²) in [7, 11) is 0. The van der Waals surface area contributed by atoms with Gasteiger partial charge in [-0.2, -0.15) is 0 Å². The fourth-order valence-electron chi connectivity index (χ4n) is 2.60. The summed E-state index contributed by atoms with van der Waals surface area (Å²) in [5, 5.41) is 8.17. The van der Waals surface area contributed by atoms with Crippen molar-refractivity contribution in [3.05, 3.63) is 54.6 Å². The van der Waals surface area contributed by atoms with Gasteiger partial charge in [-0.05, 0) is 34.4 Å². The van der Waals surface area contributed by atoms with Crippen molar-refractivity contribution in [1.29, 1.82) is 0 Å². The SMILES string of the molecule is c1ccc2cc3c(NC4=NCCO4)cccc3cc2c1. The van der Waals surface area contributed by atoms with E-state index in [0.29, 0.717) is 12.6 Å². The van der Waals surface area contributed by atoms with Crippen LogP contribution in [-0.4, -0.2) is 19.2 Å². The van der Waals surface area contributed by atoms with Crippen molar-refractivity contribution < 1.29 is 4.74 Å². The zero-order valence-electron chi connectivity index (χ0n) is 11.0. The van der Waals surface area contributed by atoms with Gasteiger partial charge >= 0.3 is 0 Å². The topological polar surface area (TPSA) is 33.6 Å². The van der Waals surface area contributed by atoms with Gasteiger partial charge in [-0.25, -0.2) is 4.99 Å². The van der Waals surface area contributed by atoms with E-state index in [-0.39, 0.29) is 0 Å². The Morgan fingerprint density at radius 2 is 1.70 bits per heavy atom. The summed E-state index contributed by atoms with van der Waals surface area (Å²) in [6.45, 7) is 1.39. The first kappa shape index (κ1) is 11.3. The van der Waals surface area contributed by atoms with Crippen molar-refractivity contribution in [2.24, 2.45) is 4.99 Å². The molecule has 1 heterocycles. The van der Waals surface area contributed by atoms with Crippen LogP contribution in [0.1, 0.15) is 0 Å². The first-order valence-electron chi connectivity index (χ1n) is 6.76. The molecule has 0 fully saturated rings. The molecule has 0 saturated heterocycles. The van der Waals surface area contributed by atoms with E-state index in [1.165, 1.54) is 21.5 Å². The van der Waals surface area contributed by atoms with E-state index >= 15 is 0 Å². The summed E-state index contributed by atoms with van der Waals surface area (Å²) in [4.78, 5) is 4.28. The highest BCUT2D eigenvalue weighted by molar-refractivity contribution is 6.07. The lowest BCUT2D eigenvalue weighted by atomic mass is 10.0. The molecule has 4 rings (SSSR count). The van der Waals surface area contributed by atoms with Crippen molar-refractivity contribution in [2.75, 3.05) is 18.5 Å². The number of fused-ring (bicyclic) bond motifs is 2. The molecule has 0 amide bonds. The molecule has 0 atom stereocenters. The van der Waals surface area contributed by atoms with Gasteiger partial charge in [0.1, 0.15) is 6.61 Å². The van der Waals surface area contributed by atoms with Gasteiger partial charge in [0.15, 0.2) is 0 Å². The molecule has 1 aliphatic heterocycles. The molecule has 1 N–H and O–H groups in total. The number of anilines is 1. The van der Waals surface area contributed by atoms with E-state index < -0.39 is 0 Å². The Hall–Kier alpha value is -2.55. The van der Waals surface area contributed by atoms with Crippen molar-refractivity contribution in [3.8, 4) is 0 Å². The lowest BCUT2D eigenvalue weighted by Crippen LogP contribution is -2.11. The molecule has 20 heavy (non-hydrogen) atoms. The Bertz CT molecular complexity index is 823. The van der Waals surface area contributed by atoms with Crippen LogP contribution in [0.25, 0.3) is 21.5 Å². The van der Waals surface area contributed by atoms with Crippen LogP contribution in [0.2, 0.25) is 0 Å². The number of amidine groups is 1. The van der Waals surface area contributed by atoms with E-state index in [1.54, 1.807) is 0 Å². The first-order chi connectivity index (χ1) is 9.90. The standard InChI is InChI=1S/C17H14N2O/c1-2-5-13-11-15-14(10-12(13)4-1)6-3-7-16(15)19-17-18-8-9-20-17/h1-7,10-11H,8-9H2,(H,18,19). The minimum absolute atomic E-state index is 0.616. The first-order valence-corrected chi connectivity index (χ1v) is 6.76. The molecule has 3 aromatic rings. The van der Waals surface area contributed by atoms with Gasteiger partial charge in [-0.1, -0.05) is 36.4 Å². The van der Waals surface area contributed by atoms with Crippen LogP contribution in [0.15, 0.2) is 59.6 Å². The number of rotatable bonds is 1. The minimum Gasteiger partial charge on any atom is -0.463 e. The minimum atomic E-state index is 0.616. The van der Waals surface area contributed by atoms with E-state index in [4.69, 9.17) is 4.74 Å². The Morgan fingerprint density at radius 1 is 0.900 bits per heavy atom. The fourth-order valence-corrected chi connectivity index (χ4v) is 2.60. The highest BCUT2D eigenvalue weighted by Gasteiger charge is 2.09. The quantitative estimate of drug-likeness (QED) is 0.677. The predicted molar refractivity (Wildman–Crippen MR) is 83.3 cm³/mol. The molecular weight excluding hydrogens is 248 g/mol. The van der Waals surface area contributed by atoms with Crippen LogP contribution < -0.4 is 5.32 Å². The molecule has 0 saturated carbocycles. The van der Waals surface area contributed by atoms with Crippen molar-refractivity contribution in [1.82, 2.24) is 0 Å². The van der Waals surface area contributed by atoms with E-state index in [1.807, 2.05) is 0 Å². The van der Waals surface area contributed by atoms with Crippen molar-refractivity contribution >= 4 is 33.3 Å². The second kappa shape index (κ2) is 4.53. The zero-order valence-corrected chi connectivity index (χ0v) is 11.0. The highest BCUT2D eigenvalue weighted by atomic mass is 16.5. The number of hydrogen-bond acceptors (Lipinski definition) is 3. The van der Waals surface area contributed by atoms with Crippen LogP contribution >= 0.6 is 0 Å². The molecule has 0 bridgehead atoms. The van der Waals surface area contributed by atoms with Gasteiger partial charge in [0.25, 0.3) is 6.02 Å². The molecule has 3 nitrogen and oxygen atoms in total. The fraction of sp³-hybridized carbons (Fsp3) is 0.118. The number of benzene rings is 3. The van der Waals surface area contributed by atoms with Gasteiger partial charge < -0.3 is 10.1 Å². The van der Waals surface area contributed by atoms with Crippen LogP contribution in [0.5, 0.6) is 0 Å². The third-order valence-corrected chi connectivity index (χ3v) is 3.57. The molecule has 98 valence electrons. The van der Waals surface area contributed by atoms with Crippen LogP contribution in [0.3, 0.4) is 0 Å². The van der Waals surface area contributed by atoms with Crippen LogP contribution in [0, 0.1) is 0 Å². The summed E-state index contributed by atoms with van der Waals surface area (Å²) in [6, 6.07) is 19.7. The Labute approximate surface area is 116 Å². The Kier molecular flexibility index (Phi) is 2.56. The summed E-state index contributed by atoms with van der Waals surface area (Å²) in [6.07, 6.45) is 0. The Morgan fingerprint density at radius 3 is 2.50 bits per heavy atom. The Balaban J connectivity index is 1.89. The van der Waals surface area contributed by atoms with Crippen LogP contribution in [-0.2, 0) is 4.74 Å². The molecule has 3 aromatic carbocycles. The molecule has 0 unspecified atom stereocenters. The predicted octanol–water partition coefficient (Wildman–Crippen LogP) is 3.79. The van der Waals surface area contributed by atoms with E-state index in [2.05, 4.69) is 64.9 Å². The molecule has 0 radical (unpaired) electrons. The number of hydrogen-bond donors (Lipinski definition) is 1. The molecule has 0 aliphatic carbocycles. The van der Waals surface area contributed by atoms with Gasteiger partial charge in [-0.15, -0.1) is 0 Å². The third kappa shape index (κ3) is 1.88. The molecule has 0 spiro atoms. The maximum atomic E-state index is 5.43. The normalized spacial score (nSPS) is 14.3. The van der Waals surface area contributed by atoms with Gasteiger partial charge in [0, 0.05) is 5.39 Å². The summed E-state index contributed by atoms with van der Waals surface area (Å²) in [5.41, 5.74) is 1.04. The average molecular weight is 262 g/mol. The monoisotopic (exact) mass is 262 g/mol. The highest BCUT2D eigenvalue weighted by Crippen LogP contribution is 2.28. The lowest BCUT2D eigenvalue weighted by molar-refractivity contribution is 0.346. The number of nitrogens with zero attached hydrogens (tertiary/aromatic N) is 1. The maximum absolute atomic E-state index is 5.43. The summed E-state index contributed by atoms with van der Waals surface area (Å²) in [5.74, 6) is 0. The molecule has 0 aromatic heterocycles. The number of nitrogens with one attached hydrogen (secondary N) is 1. The molecule has 1 aliphatic rings. The second-order valence-corrected chi connectivity index (χ2v) is 4.89. The molecular formula is C17H14N2O. The van der Waals surface area contributed by atoms with Crippen molar-refractivity contribution in [3.63, 3.8) is 0 Å². The number of ether oxygens (including phenoxy) is 1. The summed E-state index contributed by atoms with van der Waals surface area (Å²) >= 11 is 0. The van der Waals surface area contributed by atoms with E-state index in [0.717, 1.165) is 12.2 Å². The van der Waals surface area contributed by atoms with Gasteiger partial charge in [0.05, 0.1) is 12.2 Å². The number of aliphatic imine (C=N–C) groups is 1.